The molecule has 0 heterocycles. The van der Waals surface area contributed by atoms with Gasteiger partial charge in [-0.3, -0.25) is 0 Å². The zero-order valence-corrected chi connectivity index (χ0v) is 16.4. The quantitative estimate of drug-likeness (QED) is 0.557. The topological polar surface area (TPSA) is 12.0 Å². The van der Waals surface area contributed by atoms with Gasteiger partial charge in [-0.25, -0.2) is 4.39 Å². The van der Waals surface area contributed by atoms with Crippen LogP contribution in [0, 0.1) is 12.7 Å². The van der Waals surface area contributed by atoms with Crippen LogP contribution in [0.2, 0.25) is 0 Å². The fourth-order valence-corrected chi connectivity index (χ4v) is 3.65. The molecule has 0 amide bonds. The first-order valence-electron chi connectivity index (χ1n) is 6.58. The van der Waals surface area contributed by atoms with Crippen molar-refractivity contribution in [3.63, 3.8) is 0 Å². The van der Waals surface area contributed by atoms with E-state index in [-0.39, 0.29) is 11.9 Å². The maximum absolute atomic E-state index is 14.5. The van der Waals surface area contributed by atoms with Crippen LogP contribution in [0.25, 0.3) is 0 Å². The van der Waals surface area contributed by atoms with Crippen LogP contribution in [0.15, 0.2) is 43.7 Å². The third-order valence-electron chi connectivity index (χ3n) is 3.29. The summed E-state index contributed by atoms with van der Waals surface area (Å²) >= 11 is 10.4. The molecular weight excluding hydrogens is 465 g/mol. The molecule has 0 radical (unpaired) electrons. The van der Waals surface area contributed by atoms with Crippen LogP contribution in [0.3, 0.4) is 0 Å². The molecule has 0 spiro atoms. The van der Waals surface area contributed by atoms with Crippen molar-refractivity contribution in [1.29, 1.82) is 0 Å². The van der Waals surface area contributed by atoms with Gasteiger partial charge in [-0.1, -0.05) is 50.9 Å². The summed E-state index contributed by atoms with van der Waals surface area (Å²) < 4.78 is 16.9. The minimum Gasteiger partial charge on any atom is -0.306 e. The molecule has 0 saturated heterocycles. The summed E-state index contributed by atoms with van der Waals surface area (Å²) in [5, 5.41) is 3.36. The van der Waals surface area contributed by atoms with E-state index in [9.17, 15) is 4.39 Å². The van der Waals surface area contributed by atoms with Gasteiger partial charge in [0.2, 0.25) is 0 Å². The normalized spacial score (nSPS) is 12.5. The fourth-order valence-electron chi connectivity index (χ4n) is 2.22. The Morgan fingerprint density at radius 3 is 2.43 bits per heavy atom. The fraction of sp³-hybridized carbons (Fsp3) is 0.250. The Kier molecular flexibility index (Phi) is 6.00. The smallest absolute Gasteiger partial charge is 0.142 e. The van der Waals surface area contributed by atoms with E-state index in [4.69, 9.17) is 0 Å². The van der Waals surface area contributed by atoms with Gasteiger partial charge >= 0.3 is 0 Å². The molecule has 0 aliphatic carbocycles. The minimum absolute atomic E-state index is 0.209. The summed E-state index contributed by atoms with van der Waals surface area (Å²) in [6.07, 6.45) is 0. The molecule has 0 saturated carbocycles. The molecule has 1 nitrogen and oxygen atoms in total. The van der Waals surface area contributed by atoms with Crippen LogP contribution in [0.4, 0.5) is 4.39 Å². The highest BCUT2D eigenvalue weighted by Gasteiger charge is 2.21. The lowest BCUT2D eigenvalue weighted by molar-refractivity contribution is 0.554. The lowest BCUT2D eigenvalue weighted by Crippen LogP contribution is -2.23. The van der Waals surface area contributed by atoms with Crippen LogP contribution in [-0.2, 0) is 0 Å². The summed E-state index contributed by atoms with van der Waals surface area (Å²) in [7, 11) is 0. The Labute approximate surface area is 149 Å². The largest absolute Gasteiger partial charge is 0.306 e. The van der Waals surface area contributed by atoms with E-state index in [0.29, 0.717) is 10.0 Å². The average Bonchev–Trinajstić information content (AvgIpc) is 2.44. The van der Waals surface area contributed by atoms with E-state index >= 15 is 0 Å². The van der Waals surface area contributed by atoms with Gasteiger partial charge < -0.3 is 5.32 Å². The van der Waals surface area contributed by atoms with Crippen LogP contribution in [-0.4, -0.2) is 6.54 Å². The van der Waals surface area contributed by atoms with Crippen molar-refractivity contribution >= 4 is 47.8 Å². The van der Waals surface area contributed by atoms with E-state index in [1.165, 1.54) is 0 Å². The standard InChI is InChI=1S/C16H15Br3FN/c1-3-21-16(10-5-4-6-12(17)15(10)20)11-8-13(18)9(2)7-14(11)19/h4-8,16,21H,3H2,1-2H3. The number of nitrogens with one attached hydrogen (secondary N) is 1. The monoisotopic (exact) mass is 477 g/mol. The van der Waals surface area contributed by atoms with E-state index in [1.54, 1.807) is 6.07 Å². The molecule has 1 N–H and O–H groups in total. The minimum atomic E-state index is -0.230. The van der Waals surface area contributed by atoms with Gasteiger partial charge in [0.1, 0.15) is 5.82 Å². The molecule has 112 valence electrons. The number of rotatable bonds is 4. The summed E-state index contributed by atoms with van der Waals surface area (Å²) in [5.41, 5.74) is 2.77. The number of hydrogen-bond donors (Lipinski definition) is 1. The van der Waals surface area contributed by atoms with E-state index in [1.807, 2.05) is 38.1 Å². The van der Waals surface area contributed by atoms with Gasteiger partial charge in [0.15, 0.2) is 0 Å². The predicted molar refractivity (Wildman–Crippen MR) is 96.2 cm³/mol. The second kappa shape index (κ2) is 7.36. The molecule has 21 heavy (non-hydrogen) atoms. The number of benzene rings is 2. The molecule has 2 aromatic rings. The van der Waals surface area contributed by atoms with Gasteiger partial charge in [-0.05, 0) is 58.7 Å². The van der Waals surface area contributed by atoms with Crippen molar-refractivity contribution in [2.75, 3.05) is 6.54 Å². The molecular formula is C16H15Br3FN. The second-order valence-corrected chi connectivity index (χ2v) is 7.32. The Balaban J connectivity index is 2.59. The third-order valence-corrected chi connectivity index (χ3v) is 5.44. The zero-order valence-electron chi connectivity index (χ0n) is 11.7. The van der Waals surface area contributed by atoms with Crippen LogP contribution >= 0.6 is 47.8 Å². The average molecular weight is 480 g/mol. The first-order chi connectivity index (χ1) is 9.95. The Morgan fingerprint density at radius 2 is 1.76 bits per heavy atom. The highest BCUT2D eigenvalue weighted by Crippen LogP contribution is 2.35. The summed E-state index contributed by atoms with van der Waals surface area (Å²) in [6, 6.07) is 9.24. The molecule has 2 aromatic carbocycles. The van der Waals surface area contributed by atoms with Crippen molar-refractivity contribution in [3.8, 4) is 0 Å². The molecule has 5 heteroatoms. The van der Waals surface area contributed by atoms with Gasteiger partial charge in [0.05, 0.1) is 10.5 Å². The molecule has 1 atom stereocenters. The second-order valence-electron chi connectivity index (χ2n) is 4.76. The lowest BCUT2D eigenvalue weighted by atomic mass is 9.97. The van der Waals surface area contributed by atoms with Crippen molar-refractivity contribution < 1.29 is 4.39 Å². The van der Waals surface area contributed by atoms with Gasteiger partial charge in [0, 0.05) is 14.5 Å². The van der Waals surface area contributed by atoms with Crippen molar-refractivity contribution in [2.45, 2.75) is 19.9 Å². The number of hydrogen-bond acceptors (Lipinski definition) is 1. The summed E-state index contributed by atoms with van der Waals surface area (Å²) in [5.74, 6) is -0.230. The summed E-state index contributed by atoms with van der Waals surface area (Å²) in [6.45, 7) is 4.79. The van der Waals surface area contributed by atoms with Crippen molar-refractivity contribution in [2.24, 2.45) is 0 Å². The maximum Gasteiger partial charge on any atom is 0.142 e. The molecule has 0 aliphatic rings. The SMILES string of the molecule is CCNC(c1cc(Br)c(C)cc1Br)c1cccc(Br)c1F. The predicted octanol–water partition coefficient (Wildman–Crippen LogP) is 6.12. The van der Waals surface area contributed by atoms with Gasteiger partial charge in [0.25, 0.3) is 0 Å². The molecule has 2 rings (SSSR count). The molecule has 0 bridgehead atoms. The first-order valence-corrected chi connectivity index (χ1v) is 8.96. The third kappa shape index (κ3) is 3.76. The Hall–Kier alpha value is -0.230. The Morgan fingerprint density at radius 1 is 1.05 bits per heavy atom. The number of aryl methyl sites for hydroxylation is 1. The van der Waals surface area contributed by atoms with E-state index in [2.05, 4.69) is 53.1 Å². The lowest BCUT2D eigenvalue weighted by Gasteiger charge is -2.22. The molecule has 1 unspecified atom stereocenters. The van der Waals surface area contributed by atoms with E-state index < -0.39 is 0 Å². The van der Waals surface area contributed by atoms with Crippen LogP contribution in [0.1, 0.15) is 29.7 Å². The summed E-state index contributed by atoms with van der Waals surface area (Å²) in [4.78, 5) is 0. The Bertz CT molecular complexity index is 658. The van der Waals surface area contributed by atoms with Gasteiger partial charge in [-0.2, -0.15) is 0 Å². The highest BCUT2D eigenvalue weighted by atomic mass is 79.9. The zero-order chi connectivity index (χ0) is 15.6. The van der Waals surface area contributed by atoms with Crippen LogP contribution < -0.4 is 5.32 Å². The molecule has 0 aromatic heterocycles. The van der Waals surface area contributed by atoms with Gasteiger partial charge in [-0.15, -0.1) is 0 Å². The molecule has 0 fully saturated rings. The molecule has 0 aliphatic heterocycles. The van der Waals surface area contributed by atoms with E-state index in [0.717, 1.165) is 26.6 Å². The van der Waals surface area contributed by atoms with Crippen molar-refractivity contribution in [1.82, 2.24) is 5.32 Å². The highest BCUT2D eigenvalue weighted by molar-refractivity contribution is 9.11. The number of halogens is 4. The first kappa shape index (κ1) is 17.1. The van der Waals surface area contributed by atoms with Crippen LogP contribution in [0.5, 0.6) is 0 Å². The van der Waals surface area contributed by atoms with Crippen molar-refractivity contribution in [3.05, 3.63) is 66.3 Å². The maximum atomic E-state index is 14.5.